The summed E-state index contributed by atoms with van der Waals surface area (Å²) in [5, 5.41) is 3.09. The molecule has 6 heteroatoms. The summed E-state index contributed by atoms with van der Waals surface area (Å²) in [6.07, 6.45) is 0. The van der Waals surface area contributed by atoms with Gasteiger partial charge in [0.25, 0.3) is 0 Å². The molecule has 0 radical (unpaired) electrons. The Labute approximate surface area is 120 Å². The van der Waals surface area contributed by atoms with Gasteiger partial charge in [0.05, 0.1) is 11.0 Å². The molecule has 3 rings (SSSR count). The quantitative estimate of drug-likeness (QED) is 0.583. The van der Waals surface area contributed by atoms with Gasteiger partial charge in [0.2, 0.25) is 5.91 Å². The number of hydrogen-bond acceptors (Lipinski definition) is 3. The minimum absolute atomic E-state index is 0.267. The van der Waals surface area contributed by atoms with E-state index >= 15 is 0 Å². The van der Waals surface area contributed by atoms with Crippen LogP contribution in [0.3, 0.4) is 0 Å². The SMILES string of the molecule is NC(=O)[C@H](Nc1ccc2[nH]c(=O)[nH]c2c1)c1ccccc1. The van der Waals surface area contributed by atoms with Gasteiger partial charge in [-0.1, -0.05) is 30.3 Å². The lowest BCUT2D eigenvalue weighted by molar-refractivity contribution is -0.118. The Kier molecular flexibility index (Phi) is 3.19. The van der Waals surface area contributed by atoms with Gasteiger partial charge in [0.1, 0.15) is 6.04 Å². The van der Waals surface area contributed by atoms with Gasteiger partial charge in [-0.3, -0.25) is 4.79 Å². The van der Waals surface area contributed by atoms with Crippen LogP contribution in [0.5, 0.6) is 0 Å². The first-order valence-electron chi connectivity index (χ1n) is 6.46. The van der Waals surface area contributed by atoms with Crippen molar-refractivity contribution in [2.45, 2.75) is 6.04 Å². The molecule has 0 aliphatic heterocycles. The van der Waals surface area contributed by atoms with E-state index in [0.29, 0.717) is 16.7 Å². The van der Waals surface area contributed by atoms with Crippen molar-refractivity contribution in [3.05, 3.63) is 64.6 Å². The summed E-state index contributed by atoms with van der Waals surface area (Å²) in [5.41, 5.74) is 8.06. The minimum atomic E-state index is -0.630. The number of nitrogens with two attached hydrogens (primary N) is 1. The van der Waals surface area contributed by atoms with Crippen LogP contribution in [-0.4, -0.2) is 15.9 Å². The molecule has 6 nitrogen and oxygen atoms in total. The number of aromatic amines is 2. The molecule has 5 N–H and O–H groups in total. The molecule has 0 unspecified atom stereocenters. The minimum Gasteiger partial charge on any atom is -0.370 e. The molecule has 0 aliphatic carbocycles. The van der Waals surface area contributed by atoms with Crippen LogP contribution in [0.15, 0.2) is 53.3 Å². The summed E-state index contributed by atoms with van der Waals surface area (Å²) < 4.78 is 0. The van der Waals surface area contributed by atoms with Crippen molar-refractivity contribution in [3.63, 3.8) is 0 Å². The number of benzene rings is 2. The van der Waals surface area contributed by atoms with E-state index in [0.717, 1.165) is 5.56 Å². The van der Waals surface area contributed by atoms with Crippen LogP contribution in [-0.2, 0) is 4.79 Å². The first kappa shape index (κ1) is 13.0. The van der Waals surface area contributed by atoms with Gasteiger partial charge in [-0.25, -0.2) is 4.79 Å². The van der Waals surface area contributed by atoms with Crippen LogP contribution in [0, 0.1) is 0 Å². The van der Waals surface area contributed by atoms with Crippen molar-refractivity contribution in [1.82, 2.24) is 9.97 Å². The molecule has 0 bridgehead atoms. The highest BCUT2D eigenvalue weighted by Gasteiger charge is 2.17. The highest BCUT2D eigenvalue weighted by atomic mass is 16.1. The van der Waals surface area contributed by atoms with Crippen molar-refractivity contribution in [2.24, 2.45) is 5.73 Å². The van der Waals surface area contributed by atoms with Crippen molar-refractivity contribution < 1.29 is 4.79 Å². The highest BCUT2D eigenvalue weighted by Crippen LogP contribution is 2.21. The molecule has 0 saturated heterocycles. The Morgan fingerprint density at radius 3 is 2.48 bits per heavy atom. The number of primary amides is 1. The Morgan fingerprint density at radius 1 is 1.05 bits per heavy atom. The molecule has 0 saturated carbocycles. The molecular formula is C15H14N4O2. The molecular weight excluding hydrogens is 268 g/mol. The van der Waals surface area contributed by atoms with Gasteiger partial charge in [-0.15, -0.1) is 0 Å². The summed E-state index contributed by atoms with van der Waals surface area (Å²) in [7, 11) is 0. The van der Waals surface area contributed by atoms with Crippen molar-refractivity contribution in [2.75, 3.05) is 5.32 Å². The number of amides is 1. The van der Waals surface area contributed by atoms with E-state index in [1.165, 1.54) is 0 Å². The third kappa shape index (κ3) is 2.64. The van der Waals surface area contributed by atoms with Crippen LogP contribution in [0.1, 0.15) is 11.6 Å². The highest BCUT2D eigenvalue weighted by molar-refractivity contribution is 5.86. The Bertz CT molecular complexity index is 836. The Balaban J connectivity index is 1.94. The predicted molar refractivity (Wildman–Crippen MR) is 80.9 cm³/mol. The molecule has 3 aromatic rings. The van der Waals surface area contributed by atoms with Crippen LogP contribution in [0.4, 0.5) is 5.69 Å². The number of imidazole rings is 1. The topological polar surface area (TPSA) is 104 Å². The van der Waals surface area contributed by atoms with Crippen molar-refractivity contribution in [1.29, 1.82) is 0 Å². The molecule has 0 aliphatic rings. The fourth-order valence-electron chi connectivity index (χ4n) is 2.25. The van der Waals surface area contributed by atoms with Gasteiger partial charge >= 0.3 is 5.69 Å². The maximum absolute atomic E-state index is 11.7. The predicted octanol–water partition coefficient (Wildman–Crippen LogP) is 1.49. The van der Waals surface area contributed by atoms with Gasteiger partial charge < -0.3 is 21.0 Å². The molecule has 0 fully saturated rings. The Morgan fingerprint density at radius 2 is 1.76 bits per heavy atom. The molecule has 0 spiro atoms. The van der Waals surface area contributed by atoms with Crippen molar-refractivity contribution in [3.8, 4) is 0 Å². The lowest BCUT2D eigenvalue weighted by Gasteiger charge is -2.17. The van der Waals surface area contributed by atoms with Gasteiger partial charge in [-0.2, -0.15) is 0 Å². The average Bonchev–Trinajstić information content (AvgIpc) is 2.84. The Hall–Kier alpha value is -3.02. The van der Waals surface area contributed by atoms with E-state index in [2.05, 4.69) is 15.3 Å². The van der Waals surface area contributed by atoms with Crippen LogP contribution in [0.2, 0.25) is 0 Å². The first-order valence-corrected chi connectivity index (χ1v) is 6.46. The second kappa shape index (κ2) is 5.16. The lowest BCUT2D eigenvalue weighted by atomic mass is 10.1. The number of hydrogen-bond donors (Lipinski definition) is 4. The summed E-state index contributed by atoms with van der Waals surface area (Å²) in [6, 6.07) is 13.9. The van der Waals surface area contributed by atoms with Gasteiger partial charge in [0, 0.05) is 5.69 Å². The van der Waals surface area contributed by atoms with Crippen LogP contribution < -0.4 is 16.7 Å². The fourth-order valence-corrected chi connectivity index (χ4v) is 2.25. The largest absolute Gasteiger partial charge is 0.370 e. The average molecular weight is 282 g/mol. The summed E-state index contributed by atoms with van der Waals surface area (Å²) in [5.74, 6) is -0.469. The molecule has 1 amide bonds. The summed E-state index contributed by atoms with van der Waals surface area (Å²) in [4.78, 5) is 28.3. The standard InChI is InChI=1S/C15H14N4O2/c16-14(20)13(9-4-2-1-3-5-9)17-10-6-7-11-12(8-10)19-15(21)18-11/h1-8,13,17H,(H2,16,20)(H2,18,19,21)/t13-/m1/s1. The zero-order valence-electron chi connectivity index (χ0n) is 11.1. The second-order valence-electron chi connectivity index (χ2n) is 4.73. The van der Waals surface area contributed by atoms with E-state index in [-0.39, 0.29) is 5.69 Å². The number of aromatic nitrogens is 2. The molecule has 1 aromatic heterocycles. The van der Waals surface area contributed by atoms with Crippen molar-refractivity contribution >= 4 is 22.6 Å². The van der Waals surface area contributed by atoms with Crippen LogP contribution in [0.25, 0.3) is 11.0 Å². The molecule has 2 aromatic carbocycles. The lowest BCUT2D eigenvalue weighted by Crippen LogP contribution is -2.27. The number of nitrogens with one attached hydrogen (secondary N) is 3. The number of rotatable bonds is 4. The monoisotopic (exact) mass is 282 g/mol. The molecule has 21 heavy (non-hydrogen) atoms. The normalized spacial score (nSPS) is 12.2. The van der Waals surface area contributed by atoms with Gasteiger partial charge in [-0.05, 0) is 23.8 Å². The summed E-state index contributed by atoms with van der Waals surface area (Å²) >= 11 is 0. The number of carbonyl (C=O) groups is 1. The van der Waals surface area contributed by atoms with E-state index in [1.807, 2.05) is 30.3 Å². The fraction of sp³-hybridized carbons (Fsp3) is 0.0667. The van der Waals surface area contributed by atoms with E-state index in [1.54, 1.807) is 18.2 Å². The number of carbonyl (C=O) groups excluding carboxylic acids is 1. The maximum Gasteiger partial charge on any atom is 0.323 e. The summed E-state index contributed by atoms with van der Waals surface area (Å²) in [6.45, 7) is 0. The number of H-pyrrole nitrogens is 2. The van der Waals surface area contributed by atoms with E-state index in [4.69, 9.17) is 5.73 Å². The van der Waals surface area contributed by atoms with Crippen LogP contribution >= 0.6 is 0 Å². The smallest absolute Gasteiger partial charge is 0.323 e. The third-order valence-electron chi connectivity index (χ3n) is 3.24. The first-order chi connectivity index (χ1) is 10.1. The van der Waals surface area contributed by atoms with E-state index in [9.17, 15) is 9.59 Å². The molecule has 1 heterocycles. The zero-order valence-corrected chi connectivity index (χ0v) is 11.1. The molecule has 1 atom stereocenters. The number of anilines is 1. The number of fused-ring (bicyclic) bond motifs is 1. The second-order valence-corrected chi connectivity index (χ2v) is 4.73. The zero-order chi connectivity index (χ0) is 14.8. The van der Waals surface area contributed by atoms with Gasteiger partial charge in [0.15, 0.2) is 0 Å². The third-order valence-corrected chi connectivity index (χ3v) is 3.24. The maximum atomic E-state index is 11.7. The van der Waals surface area contributed by atoms with E-state index < -0.39 is 11.9 Å². The molecule has 106 valence electrons.